The van der Waals surface area contributed by atoms with Gasteiger partial charge in [0.1, 0.15) is 5.60 Å². The Bertz CT molecular complexity index is 453. The highest BCUT2D eigenvalue weighted by Crippen LogP contribution is 2.48. The predicted octanol–water partition coefficient (Wildman–Crippen LogP) is 3.26. The first-order valence-corrected chi connectivity index (χ1v) is 7.32. The van der Waals surface area contributed by atoms with E-state index in [1.165, 1.54) is 6.42 Å². The van der Waals surface area contributed by atoms with Crippen LogP contribution in [0.1, 0.15) is 25.7 Å². The number of methoxy groups -OCH3 is 1. The molecule has 4 heteroatoms. The van der Waals surface area contributed by atoms with Crippen molar-refractivity contribution in [2.24, 2.45) is 5.92 Å². The lowest BCUT2D eigenvalue weighted by molar-refractivity contribution is 0.142. The molecule has 0 radical (unpaired) electrons. The third-order valence-corrected chi connectivity index (χ3v) is 4.32. The van der Waals surface area contributed by atoms with Crippen LogP contribution >= 0.6 is 11.6 Å². The summed E-state index contributed by atoms with van der Waals surface area (Å²) in [5.74, 6) is 2.29. The fourth-order valence-electron chi connectivity index (χ4n) is 2.86. The van der Waals surface area contributed by atoms with E-state index < -0.39 is 0 Å². The van der Waals surface area contributed by atoms with Gasteiger partial charge in [-0.1, -0.05) is 11.6 Å². The fourth-order valence-corrected chi connectivity index (χ4v) is 3.02. The largest absolute Gasteiger partial charge is 0.493 e. The summed E-state index contributed by atoms with van der Waals surface area (Å²) >= 11 is 5.98. The number of hydrogen-bond acceptors (Lipinski definition) is 3. The summed E-state index contributed by atoms with van der Waals surface area (Å²) in [5, 5.41) is 4.09. The average molecular weight is 282 g/mol. The van der Waals surface area contributed by atoms with E-state index in [-0.39, 0.29) is 5.60 Å². The summed E-state index contributed by atoms with van der Waals surface area (Å²) in [6.07, 6.45) is 4.71. The van der Waals surface area contributed by atoms with Gasteiger partial charge in [-0.3, -0.25) is 0 Å². The molecule has 3 nitrogen and oxygen atoms in total. The Labute approximate surface area is 119 Å². The summed E-state index contributed by atoms with van der Waals surface area (Å²) in [6, 6.07) is 5.57. The fraction of sp³-hybridized carbons (Fsp3) is 0.600. The molecule has 3 rings (SSSR count). The van der Waals surface area contributed by atoms with Crippen molar-refractivity contribution in [1.29, 1.82) is 0 Å². The van der Waals surface area contributed by atoms with Crippen LogP contribution in [0.4, 0.5) is 0 Å². The molecule has 2 aliphatic rings. The van der Waals surface area contributed by atoms with Crippen molar-refractivity contribution in [3.8, 4) is 11.5 Å². The van der Waals surface area contributed by atoms with Crippen LogP contribution in [0.25, 0.3) is 0 Å². The van der Waals surface area contributed by atoms with Crippen molar-refractivity contribution in [2.45, 2.75) is 31.3 Å². The van der Waals surface area contributed by atoms with Crippen LogP contribution in [0.5, 0.6) is 11.5 Å². The molecule has 0 bridgehead atoms. The lowest BCUT2D eigenvalue weighted by Gasteiger charge is -2.22. The van der Waals surface area contributed by atoms with Gasteiger partial charge in [0.05, 0.1) is 7.11 Å². The topological polar surface area (TPSA) is 30.5 Å². The zero-order chi connectivity index (χ0) is 13.3. The maximum absolute atomic E-state index is 6.24. The van der Waals surface area contributed by atoms with E-state index >= 15 is 0 Å². The second kappa shape index (κ2) is 5.22. The average Bonchev–Trinajstić information content (AvgIpc) is 2.95. The molecule has 1 saturated heterocycles. The summed E-state index contributed by atoms with van der Waals surface area (Å²) in [7, 11) is 1.65. The van der Waals surface area contributed by atoms with Gasteiger partial charge in [0, 0.05) is 11.1 Å². The van der Waals surface area contributed by atoms with Gasteiger partial charge in [-0.05, 0) is 56.8 Å². The molecule has 2 fully saturated rings. The maximum atomic E-state index is 6.24. The second-order valence-corrected chi connectivity index (χ2v) is 6.08. The number of ether oxygens (including phenoxy) is 2. The molecule has 1 N–H and O–H groups in total. The molecule has 1 unspecified atom stereocenters. The summed E-state index contributed by atoms with van der Waals surface area (Å²) in [6.45, 7) is 2.27. The Hall–Kier alpha value is -0.930. The monoisotopic (exact) mass is 281 g/mol. The van der Waals surface area contributed by atoms with Crippen molar-refractivity contribution in [1.82, 2.24) is 5.32 Å². The Kier molecular flexibility index (Phi) is 3.59. The van der Waals surface area contributed by atoms with Gasteiger partial charge < -0.3 is 14.8 Å². The maximum Gasteiger partial charge on any atom is 0.162 e. The van der Waals surface area contributed by atoms with Crippen LogP contribution in [0.3, 0.4) is 0 Å². The standard InChI is InChI=1S/C15H20ClNO2/c1-18-14-8-12(16)2-3-13(14)19-15(5-6-15)9-11-4-7-17-10-11/h2-3,8,11,17H,4-7,9-10H2,1H3. The van der Waals surface area contributed by atoms with Crippen LogP contribution < -0.4 is 14.8 Å². The Morgan fingerprint density at radius 2 is 2.21 bits per heavy atom. The van der Waals surface area contributed by atoms with Gasteiger partial charge in [0.2, 0.25) is 0 Å². The molecular weight excluding hydrogens is 262 g/mol. The molecule has 0 aromatic heterocycles. The third-order valence-electron chi connectivity index (χ3n) is 4.08. The van der Waals surface area contributed by atoms with Crippen molar-refractivity contribution in [3.05, 3.63) is 23.2 Å². The van der Waals surface area contributed by atoms with Crippen LogP contribution in [0, 0.1) is 5.92 Å². The van der Waals surface area contributed by atoms with Crippen molar-refractivity contribution < 1.29 is 9.47 Å². The first-order chi connectivity index (χ1) is 9.21. The lowest BCUT2D eigenvalue weighted by Crippen LogP contribution is -2.23. The first kappa shape index (κ1) is 13.1. The van der Waals surface area contributed by atoms with Crippen molar-refractivity contribution in [2.75, 3.05) is 20.2 Å². The number of hydrogen-bond donors (Lipinski definition) is 1. The summed E-state index contributed by atoms with van der Waals surface area (Å²) < 4.78 is 11.6. The molecule has 1 aromatic rings. The van der Waals surface area contributed by atoms with Gasteiger partial charge in [0.25, 0.3) is 0 Å². The van der Waals surface area contributed by atoms with Crippen molar-refractivity contribution in [3.63, 3.8) is 0 Å². The van der Waals surface area contributed by atoms with Crippen molar-refractivity contribution >= 4 is 11.6 Å². The van der Waals surface area contributed by atoms with E-state index in [1.807, 2.05) is 18.2 Å². The number of rotatable bonds is 5. The normalized spacial score (nSPS) is 24.2. The summed E-state index contributed by atoms with van der Waals surface area (Å²) in [5.41, 5.74) is 0.0395. The van der Waals surface area contributed by atoms with Crippen LogP contribution in [-0.2, 0) is 0 Å². The Balaban J connectivity index is 1.70. The first-order valence-electron chi connectivity index (χ1n) is 6.94. The molecule has 1 atom stereocenters. The predicted molar refractivity (Wildman–Crippen MR) is 76.2 cm³/mol. The quantitative estimate of drug-likeness (QED) is 0.899. The molecule has 1 saturated carbocycles. The van der Waals surface area contributed by atoms with Gasteiger partial charge in [-0.15, -0.1) is 0 Å². The van der Waals surface area contributed by atoms with E-state index in [9.17, 15) is 0 Å². The SMILES string of the molecule is COc1cc(Cl)ccc1OC1(CC2CCNC2)CC1. The van der Waals surface area contributed by atoms with E-state index in [1.54, 1.807) is 7.11 Å². The molecule has 1 aromatic carbocycles. The van der Waals surface area contributed by atoms with Crippen LogP contribution in [0.15, 0.2) is 18.2 Å². The zero-order valence-electron chi connectivity index (χ0n) is 11.2. The Morgan fingerprint density at radius 3 is 2.84 bits per heavy atom. The molecular formula is C15H20ClNO2. The minimum atomic E-state index is 0.0395. The van der Waals surface area contributed by atoms with E-state index in [0.29, 0.717) is 5.02 Å². The highest BCUT2D eigenvalue weighted by atomic mass is 35.5. The molecule has 1 aliphatic carbocycles. The Morgan fingerprint density at radius 1 is 1.37 bits per heavy atom. The molecule has 104 valence electrons. The van der Waals surface area contributed by atoms with E-state index in [4.69, 9.17) is 21.1 Å². The van der Waals surface area contributed by atoms with E-state index in [2.05, 4.69) is 5.32 Å². The number of benzene rings is 1. The molecule has 19 heavy (non-hydrogen) atoms. The third kappa shape index (κ3) is 2.98. The molecule has 1 heterocycles. The minimum absolute atomic E-state index is 0.0395. The van der Waals surface area contributed by atoms with Gasteiger partial charge in [0.15, 0.2) is 11.5 Å². The van der Waals surface area contributed by atoms with Crippen LogP contribution in [-0.4, -0.2) is 25.8 Å². The zero-order valence-corrected chi connectivity index (χ0v) is 12.0. The summed E-state index contributed by atoms with van der Waals surface area (Å²) in [4.78, 5) is 0. The number of halogens is 1. The van der Waals surface area contributed by atoms with Gasteiger partial charge in [-0.25, -0.2) is 0 Å². The lowest BCUT2D eigenvalue weighted by atomic mass is 9.99. The van der Waals surface area contributed by atoms with Gasteiger partial charge >= 0.3 is 0 Å². The highest BCUT2D eigenvalue weighted by Gasteiger charge is 2.47. The molecule has 0 amide bonds. The number of nitrogens with one attached hydrogen (secondary N) is 1. The minimum Gasteiger partial charge on any atom is -0.493 e. The van der Waals surface area contributed by atoms with Crippen LogP contribution in [0.2, 0.25) is 5.02 Å². The second-order valence-electron chi connectivity index (χ2n) is 5.64. The van der Waals surface area contributed by atoms with E-state index in [0.717, 1.165) is 49.8 Å². The molecule has 1 aliphatic heterocycles. The molecule has 0 spiro atoms. The smallest absolute Gasteiger partial charge is 0.162 e. The van der Waals surface area contributed by atoms with Gasteiger partial charge in [-0.2, -0.15) is 0 Å². The highest BCUT2D eigenvalue weighted by molar-refractivity contribution is 6.30.